The number of aliphatic carboxylic acids is 1. The highest BCUT2D eigenvalue weighted by atomic mass is 16.4. The summed E-state index contributed by atoms with van der Waals surface area (Å²) in [6, 6.07) is -0.927. The highest BCUT2D eigenvalue weighted by molar-refractivity contribution is 5.82. The van der Waals surface area contributed by atoms with Gasteiger partial charge in [-0.2, -0.15) is 0 Å². The van der Waals surface area contributed by atoms with Gasteiger partial charge in [0.25, 0.3) is 0 Å². The monoisotopic (exact) mass is 204 g/mol. The van der Waals surface area contributed by atoms with Crippen molar-refractivity contribution < 1.29 is 19.8 Å². The van der Waals surface area contributed by atoms with E-state index in [-0.39, 0.29) is 19.1 Å². The van der Waals surface area contributed by atoms with E-state index in [0.717, 1.165) is 0 Å². The van der Waals surface area contributed by atoms with Crippen LogP contribution in [0, 0.1) is 0 Å². The molecule has 1 atom stereocenters. The van der Waals surface area contributed by atoms with Crippen molar-refractivity contribution in [3.05, 3.63) is 0 Å². The summed E-state index contributed by atoms with van der Waals surface area (Å²) < 4.78 is 0. The van der Waals surface area contributed by atoms with Crippen LogP contribution in [-0.4, -0.2) is 59.8 Å². The smallest absolute Gasteiger partial charge is 0.327 e. The van der Waals surface area contributed by atoms with Gasteiger partial charge < -0.3 is 20.4 Å². The molecule has 14 heavy (non-hydrogen) atoms. The maximum atomic E-state index is 10.7. The fourth-order valence-electron chi connectivity index (χ4n) is 1.00. The molecule has 0 aliphatic carbocycles. The second-order valence-corrected chi connectivity index (χ2v) is 3.08. The van der Waals surface area contributed by atoms with E-state index in [1.54, 1.807) is 11.9 Å². The van der Waals surface area contributed by atoms with E-state index >= 15 is 0 Å². The van der Waals surface area contributed by atoms with Gasteiger partial charge in [0.05, 0.1) is 6.61 Å². The van der Waals surface area contributed by atoms with Crippen LogP contribution in [0.15, 0.2) is 0 Å². The van der Waals surface area contributed by atoms with Gasteiger partial charge in [-0.1, -0.05) is 0 Å². The molecule has 0 aromatic rings. The number of carbonyl (C=O) groups excluding carboxylic acids is 1. The SMILES string of the molecule is CC(=O)NC(CN(C)CCO)C(=O)O. The second-order valence-electron chi connectivity index (χ2n) is 3.08. The van der Waals surface area contributed by atoms with Crippen molar-refractivity contribution in [2.75, 3.05) is 26.7 Å². The Balaban J connectivity index is 4.08. The summed E-state index contributed by atoms with van der Waals surface area (Å²) in [5.41, 5.74) is 0. The normalized spacial score (nSPS) is 12.6. The van der Waals surface area contributed by atoms with E-state index in [1.807, 2.05) is 0 Å². The van der Waals surface area contributed by atoms with Crippen molar-refractivity contribution in [3.8, 4) is 0 Å². The Morgan fingerprint density at radius 1 is 1.50 bits per heavy atom. The van der Waals surface area contributed by atoms with E-state index < -0.39 is 12.0 Å². The summed E-state index contributed by atoms with van der Waals surface area (Å²) in [4.78, 5) is 23.0. The lowest BCUT2D eigenvalue weighted by molar-refractivity contribution is -0.142. The zero-order chi connectivity index (χ0) is 11.1. The molecular formula is C8H16N2O4. The fraction of sp³-hybridized carbons (Fsp3) is 0.750. The van der Waals surface area contributed by atoms with Gasteiger partial charge in [-0.3, -0.25) is 4.79 Å². The van der Waals surface area contributed by atoms with Gasteiger partial charge in [-0.15, -0.1) is 0 Å². The Morgan fingerprint density at radius 2 is 2.07 bits per heavy atom. The summed E-state index contributed by atoms with van der Waals surface area (Å²) >= 11 is 0. The van der Waals surface area contributed by atoms with Crippen LogP contribution >= 0.6 is 0 Å². The minimum absolute atomic E-state index is 0.0388. The lowest BCUT2D eigenvalue weighted by Crippen LogP contribution is -2.47. The van der Waals surface area contributed by atoms with E-state index in [2.05, 4.69) is 5.32 Å². The highest BCUT2D eigenvalue weighted by Crippen LogP contribution is 1.90. The van der Waals surface area contributed by atoms with Gasteiger partial charge >= 0.3 is 5.97 Å². The lowest BCUT2D eigenvalue weighted by atomic mass is 10.2. The van der Waals surface area contributed by atoms with Gasteiger partial charge in [0, 0.05) is 20.0 Å². The van der Waals surface area contributed by atoms with Crippen LogP contribution in [0.2, 0.25) is 0 Å². The number of hydrogen-bond donors (Lipinski definition) is 3. The number of aliphatic hydroxyl groups is 1. The molecule has 0 saturated heterocycles. The minimum atomic E-state index is -1.08. The summed E-state index contributed by atoms with van der Waals surface area (Å²) in [5.74, 6) is -1.46. The van der Waals surface area contributed by atoms with E-state index in [1.165, 1.54) is 6.92 Å². The average molecular weight is 204 g/mol. The van der Waals surface area contributed by atoms with Crippen LogP contribution in [-0.2, 0) is 9.59 Å². The molecule has 0 aromatic carbocycles. The second kappa shape index (κ2) is 6.33. The standard InChI is InChI=1S/C8H16N2O4/c1-6(12)9-7(8(13)14)5-10(2)3-4-11/h7,11H,3-5H2,1-2H3,(H,9,12)(H,13,14). The molecule has 0 aromatic heterocycles. The molecule has 0 rings (SSSR count). The molecule has 82 valence electrons. The van der Waals surface area contributed by atoms with E-state index in [9.17, 15) is 9.59 Å². The van der Waals surface area contributed by atoms with Crippen molar-refractivity contribution in [1.82, 2.24) is 10.2 Å². The molecule has 0 saturated carbocycles. The molecule has 0 heterocycles. The molecule has 0 fully saturated rings. The van der Waals surface area contributed by atoms with Crippen LogP contribution in [0.1, 0.15) is 6.92 Å². The number of likely N-dealkylation sites (N-methyl/N-ethyl adjacent to an activating group) is 1. The molecule has 1 amide bonds. The highest BCUT2D eigenvalue weighted by Gasteiger charge is 2.19. The molecule has 6 nitrogen and oxygen atoms in total. The first-order chi connectivity index (χ1) is 6.47. The average Bonchev–Trinajstić information content (AvgIpc) is 2.02. The number of amides is 1. The molecule has 0 radical (unpaired) electrons. The summed E-state index contributed by atoms with van der Waals surface area (Å²) in [7, 11) is 1.67. The quantitative estimate of drug-likeness (QED) is 0.490. The van der Waals surface area contributed by atoms with E-state index in [0.29, 0.717) is 6.54 Å². The topological polar surface area (TPSA) is 89.9 Å². The Hall–Kier alpha value is -1.14. The van der Waals surface area contributed by atoms with Gasteiger partial charge in [-0.25, -0.2) is 4.79 Å². The Kier molecular flexibility index (Phi) is 5.82. The first-order valence-corrected chi connectivity index (χ1v) is 4.26. The molecule has 3 N–H and O–H groups in total. The summed E-state index contributed by atoms with van der Waals surface area (Å²) in [6.07, 6.45) is 0. The minimum Gasteiger partial charge on any atom is -0.480 e. The number of carbonyl (C=O) groups is 2. The third-order valence-electron chi connectivity index (χ3n) is 1.65. The summed E-state index contributed by atoms with van der Waals surface area (Å²) in [5, 5.41) is 19.6. The lowest BCUT2D eigenvalue weighted by Gasteiger charge is -2.20. The van der Waals surface area contributed by atoms with Crippen LogP contribution < -0.4 is 5.32 Å². The van der Waals surface area contributed by atoms with Crippen molar-refractivity contribution in [1.29, 1.82) is 0 Å². The van der Waals surface area contributed by atoms with Crippen molar-refractivity contribution >= 4 is 11.9 Å². The number of nitrogens with zero attached hydrogens (tertiary/aromatic N) is 1. The molecule has 0 bridgehead atoms. The number of hydrogen-bond acceptors (Lipinski definition) is 4. The molecule has 0 spiro atoms. The third kappa shape index (κ3) is 5.50. The van der Waals surface area contributed by atoms with Crippen LogP contribution in [0.25, 0.3) is 0 Å². The Bertz CT molecular complexity index is 208. The first-order valence-electron chi connectivity index (χ1n) is 4.26. The first kappa shape index (κ1) is 12.9. The van der Waals surface area contributed by atoms with Gasteiger partial charge in [0.15, 0.2) is 0 Å². The van der Waals surface area contributed by atoms with Crippen molar-refractivity contribution in [2.24, 2.45) is 0 Å². The summed E-state index contributed by atoms with van der Waals surface area (Å²) in [6.45, 7) is 1.78. The van der Waals surface area contributed by atoms with Gasteiger partial charge in [-0.05, 0) is 7.05 Å². The number of carboxylic acid groups (broad SMARTS) is 1. The number of nitrogens with one attached hydrogen (secondary N) is 1. The fourth-order valence-corrected chi connectivity index (χ4v) is 1.00. The predicted octanol–water partition coefficient (Wildman–Crippen LogP) is -1.50. The van der Waals surface area contributed by atoms with Crippen LogP contribution in [0.4, 0.5) is 0 Å². The zero-order valence-electron chi connectivity index (χ0n) is 8.36. The zero-order valence-corrected chi connectivity index (χ0v) is 8.36. The molecular weight excluding hydrogens is 188 g/mol. The number of aliphatic hydroxyl groups excluding tert-OH is 1. The van der Waals surface area contributed by atoms with Crippen molar-refractivity contribution in [2.45, 2.75) is 13.0 Å². The van der Waals surface area contributed by atoms with Crippen LogP contribution in [0.3, 0.4) is 0 Å². The van der Waals surface area contributed by atoms with Crippen molar-refractivity contribution in [3.63, 3.8) is 0 Å². The largest absolute Gasteiger partial charge is 0.480 e. The predicted molar refractivity (Wildman–Crippen MR) is 49.8 cm³/mol. The molecule has 0 aliphatic heterocycles. The third-order valence-corrected chi connectivity index (χ3v) is 1.65. The Morgan fingerprint density at radius 3 is 2.43 bits per heavy atom. The van der Waals surface area contributed by atoms with Gasteiger partial charge in [0.2, 0.25) is 5.91 Å². The van der Waals surface area contributed by atoms with E-state index in [4.69, 9.17) is 10.2 Å². The molecule has 0 aliphatic rings. The molecule has 1 unspecified atom stereocenters. The maximum absolute atomic E-state index is 10.7. The maximum Gasteiger partial charge on any atom is 0.327 e. The van der Waals surface area contributed by atoms with Gasteiger partial charge in [0.1, 0.15) is 6.04 Å². The van der Waals surface area contributed by atoms with Crippen LogP contribution in [0.5, 0.6) is 0 Å². The number of rotatable bonds is 6. The number of carboxylic acids is 1. The Labute approximate surface area is 82.5 Å². The molecule has 6 heteroatoms.